The van der Waals surface area contributed by atoms with Crippen LogP contribution in [0, 0.1) is 22.0 Å². The van der Waals surface area contributed by atoms with Gasteiger partial charge >= 0.3 is 11.9 Å². The molecular formula is C36H55NO11. The lowest BCUT2D eigenvalue weighted by molar-refractivity contribution is -0.757. The molecule has 0 heterocycles. The van der Waals surface area contributed by atoms with Crippen LogP contribution in [0.25, 0.3) is 0 Å². The van der Waals surface area contributed by atoms with Crippen molar-refractivity contribution in [3.8, 4) is 11.5 Å². The number of hydrogen-bond donors (Lipinski definition) is 2. The number of benzene rings is 1. The van der Waals surface area contributed by atoms with Crippen molar-refractivity contribution < 1.29 is 48.7 Å². The van der Waals surface area contributed by atoms with Crippen LogP contribution in [0.3, 0.4) is 0 Å². The van der Waals surface area contributed by atoms with E-state index in [-0.39, 0.29) is 43.7 Å². The highest BCUT2D eigenvalue weighted by Crippen LogP contribution is 2.38. The zero-order chi connectivity index (χ0) is 35.1. The largest absolute Gasteiger partial charge is 0.493 e. The number of ether oxygens (including phenoxy) is 3. The number of rotatable bonds is 26. The third-order valence-corrected chi connectivity index (χ3v) is 8.74. The number of esters is 2. The standard InChI is InChI=1S/C36H55NO11/c1-3-4-5-6-9-14-28(38)19-20-30-29(31(39)26-32(30)40)15-10-7-8-11-17-36(42)48-33-21-18-27(25-34(33)45-2)22-24-46-35(41)16-12-13-23-47-37(43)44/h7,10,18,21,25,29-32,39-40H,3-6,8-9,11-17,19-20,22-24,26H2,1-2H3/b10-7-/t29-,30-,31+,32-/m1/s1. The van der Waals surface area contributed by atoms with Gasteiger partial charge in [-0.25, -0.2) is 0 Å². The van der Waals surface area contributed by atoms with E-state index in [2.05, 4.69) is 11.8 Å². The highest BCUT2D eigenvalue weighted by molar-refractivity contribution is 5.78. The first-order valence-electron chi connectivity index (χ1n) is 17.5. The minimum atomic E-state index is -0.864. The Kier molecular flexibility index (Phi) is 20.1. The number of carbonyl (C=O) groups is 3. The van der Waals surface area contributed by atoms with Gasteiger partial charge in [0, 0.05) is 32.1 Å². The summed E-state index contributed by atoms with van der Waals surface area (Å²) >= 11 is 0. The number of hydrogen-bond acceptors (Lipinski definition) is 11. The monoisotopic (exact) mass is 677 g/mol. The van der Waals surface area contributed by atoms with E-state index in [4.69, 9.17) is 14.2 Å². The molecule has 0 bridgehead atoms. The molecule has 1 fully saturated rings. The summed E-state index contributed by atoms with van der Waals surface area (Å²) in [6.45, 7) is 2.26. The van der Waals surface area contributed by atoms with Crippen LogP contribution in [-0.2, 0) is 30.4 Å². The molecule has 270 valence electrons. The summed E-state index contributed by atoms with van der Waals surface area (Å²) in [6, 6.07) is 5.13. The predicted molar refractivity (Wildman–Crippen MR) is 179 cm³/mol. The molecule has 2 N–H and O–H groups in total. The average molecular weight is 678 g/mol. The number of nitrogens with zero attached hydrogens (tertiary/aromatic N) is 1. The summed E-state index contributed by atoms with van der Waals surface area (Å²) < 4.78 is 16.1. The third kappa shape index (κ3) is 16.5. The number of aliphatic hydroxyl groups excluding tert-OH is 2. The van der Waals surface area contributed by atoms with E-state index in [1.807, 2.05) is 12.2 Å². The van der Waals surface area contributed by atoms with E-state index in [0.717, 1.165) is 24.8 Å². The smallest absolute Gasteiger partial charge is 0.311 e. The van der Waals surface area contributed by atoms with Crippen molar-refractivity contribution in [3.63, 3.8) is 0 Å². The number of allylic oxidation sites excluding steroid dienone is 2. The molecule has 0 aromatic heterocycles. The highest BCUT2D eigenvalue weighted by atomic mass is 16.9. The van der Waals surface area contributed by atoms with E-state index < -0.39 is 29.2 Å². The SMILES string of the molecule is CCCCCCCC(=O)CC[C@@H]1[C@@H](C/C=C\CCCC(=O)Oc2ccc(CCOC(=O)CCCCO[N+](=O)[O-])cc2OC)[C@@H](O)C[C@H]1O. The summed E-state index contributed by atoms with van der Waals surface area (Å²) in [6.07, 6.45) is 13.8. The number of aliphatic hydroxyl groups is 2. The van der Waals surface area contributed by atoms with Gasteiger partial charge in [0.15, 0.2) is 11.5 Å². The van der Waals surface area contributed by atoms with Crippen molar-refractivity contribution in [3.05, 3.63) is 46.0 Å². The molecule has 12 nitrogen and oxygen atoms in total. The Labute approximate surface area is 284 Å². The maximum atomic E-state index is 12.5. The molecular weight excluding hydrogens is 622 g/mol. The van der Waals surface area contributed by atoms with E-state index in [1.165, 1.54) is 20.0 Å². The van der Waals surface area contributed by atoms with Gasteiger partial charge in [-0.3, -0.25) is 14.4 Å². The Bertz CT molecular complexity index is 1150. The predicted octanol–water partition coefficient (Wildman–Crippen LogP) is 6.25. The number of ketones is 1. The van der Waals surface area contributed by atoms with Crippen LogP contribution >= 0.6 is 0 Å². The quantitative estimate of drug-likeness (QED) is 0.0284. The zero-order valence-corrected chi connectivity index (χ0v) is 28.6. The second kappa shape index (κ2) is 23.8. The molecule has 0 amide bonds. The molecule has 0 radical (unpaired) electrons. The van der Waals surface area contributed by atoms with Crippen molar-refractivity contribution in [2.24, 2.45) is 11.8 Å². The molecule has 0 unspecified atom stereocenters. The normalized spacial score (nSPS) is 18.9. The minimum Gasteiger partial charge on any atom is -0.493 e. The average Bonchev–Trinajstić information content (AvgIpc) is 3.32. The van der Waals surface area contributed by atoms with E-state index in [1.54, 1.807) is 18.2 Å². The molecule has 0 saturated heterocycles. The summed E-state index contributed by atoms with van der Waals surface area (Å²) in [7, 11) is 1.47. The summed E-state index contributed by atoms with van der Waals surface area (Å²) in [5.41, 5.74) is 0.829. The Hall–Kier alpha value is -3.51. The molecule has 1 aromatic carbocycles. The first-order chi connectivity index (χ1) is 23.1. The van der Waals surface area contributed by atoms with E-state index in [0.29, 0.717) is 75.7 Å². The van der Waals surface area contributed by atoms with Gasteiger partial charge in [-0.2, -0.15) is 0 Å². The van der Waals surface area contributed by atoms with E-state index in [9.17, 15) is 34.7 Å². The fourth-order valence-electron chi connectivity index (χ4n) is 6.01. The van der Waals surface area contributed by atoms with Gasteiger partial charge in [0.05, 0.1) is 32.5 Å². The van der Waals surface area contributed by atoms with Gasteiger partial charge in [-0.05, 0) is 80.9 Å². The lowest BCUT2D eigenvalue weighted by Crippen LogP contribution is -2.22. The second-order valence-electron chi connectivity index (χ2n) is 12.5. The van der Waals surface area contributed by atoms with Crippen LogP contribution in [0.5, 0.6) is 11.5 Å². The van der Waals surface area contributed by atoms with Gasteiger partial charge in [-0.1, -0.05) is 50.8 Å². The molecule has 12 heteroatoms. The fraction of sp³-hybridized carbons (Fsp3) is 0.694. The molecule has 0 aliphatic heterocycles. The topological polar surface area (TPSA) is 172 Å². The highest BCUT2D eigenvalue weighted by Gasteiger charge is 2.40. The number of Topliss-reactive ketones (excluding diaryl/α,β-unsaturated/α-hetero) is 1. The Morgan fingerprint density at radius 3 is 2.35 bits per heavy atom. The molecule has 1 saturated carbocycles. The van der Waals surface area contributed by atoms with Crippen LogP contribution in [0.4, 0.5) is 0 Å². The third-order valence-electron chi connectivity index (χ3n) is 8.74. The van der Waals surface area contributed by atoms with Crippen LogP contribution in [-0.4, -0.2) is 65.6 Å². The molecule has 0 spiro atoms. The maximum Gasteiger partial charge on any atom is 0.311 e. The summed E-state index contributed by atoms with van der Waals surface area (Å²) in [5.74, 6) is -0.0460. The van der Waals surface area contributed by atoms with Crippen molar-refractivity contribution >= 4 is 17.7 Å². The van der Waals surface area contributed by atoms with Gasteiger partial charge in [-0.15, -0.1) is 10.1 Å². The van der Waals surface area contributed by atoms with Crippen LogP contribution in [0.15, 0.2) is 30.4 Å². The number of methoxy groups -OCH3 is 1. The second-order valence-corrected chi connectivity index (χ2v) is 12.5. The Morgan fingerprint density at radius 1 is 0.875 bits per heavy atom. The number of unbranched alkanes of at least 4 members (excludes halogenated alkanes) is 6. The van der Waals surface area contributed by atoms with Crippen molar-refractivity contribution in [1.82, 2.24) is 0 Å². The van der Waals surface area contributed by atoms with Crippen molar-refractivity contribution in [2.75, 3.05) is 20.3 Å². The summed E-state index contributed by atoms with van der Waals surface area (Å²) in [5, 5.41) is 30.3. The lowest BCUT2D eigenvalue weighted by Gasteiger charge is -2.22. The van der Waals surface area contributed by atoms with Gasteiger partial charge in [0.2, 0.25) is 0 Å². The Morgan fingerprint density at radius 2 is 1.60 bits per heavy atom. The van der Waals surface area contributed by atoms with Crippen LogP contribution < -0.4 is 9.47 Å². The first kappa shape index (κ1) is 40.7. The number of carbonyl (C=O) groups excluding carboxylic acids is 3. The zero-order valence-electron chi connectivity index (χ0n) is 28.6. The Balaban J connectivity index is 1.67. The van der Waals surface area contributed by atoms with Crippen LogP contribution in [0.2, 0.25) is 0 Å². The van der Waals surface area contributed by atoms with Gasteiger partial charge < -0.3 is 29.3 Å². The summed E-state index contributed by atoms with van der Waals surface area (Å²) in [4.78, 5) is 51.0. The van der Waals surface area contributed by atoms with E-state index >= 15 is 0 Å². The van der Waals surface area contributed by atoms with Crippen LogP contribution in [0.1, 0.15) is 115 Å². The molecule has 1 aliphatic carbocycles. The minimum absolute atomic E-state index is 0.0575. The molecule has 2 rings (SSSR count). The lowest BCUT2D eigenvalue weighted by atomic mass is 9.86. The molecule has 48 heavy (non-hydrogen) atoms. The fourth-order valence-corrected chi connectivity index (χ4v) is 6.01. The first-order valence-corrected chi connectivity index (χ1v) is 17.5. The molecule has 1 aliphatic rings. The maximum absolute atomic E-state index is 12.5. The molecule has 1 aromatic rings. The van der Waals surface area contributed by atoms with Crippen molar-refractivity contribution in [1.29, 1.82) is 0 Å². The van der Waals surface area contributed by atoms with Crippen molar-refractivity contribution in [2.45, 2.75) is 128 Å². The van der Waals surface area contributed by atoms with Gasteiger partial charge in [0.1, 0.15) is 5.78 Å². The van der Waals surface area contributed by atoms with Gasteiger partial charge in [0.25, 0.3) is 5.09 Å². The molecule has 4 atom stereocenters.